The highest BCUT2D eigenvalue weighted by Gasteiger charge is 2.38. The summed E-state index contributed by atoms with van der Waals surface area (Å²) in [7, 11) is 1.29. The third-order valence-electron chi connectivity index (χ3n) is 9.94. The van der Waals surface area contributed by atoms with Gasteiger partial charge in [-0.2, -0.15) is 0 Å². The van der Waals surface area contributed by atoms with Gasteiger partial charge in [-0.05, 0) is 79.1 Å². The highest BCUT2D eigenvalue weighted by molar-refractivity contribution is 5.91. The Morgan fingerprint density at radius 1 is 0.833 bits per heavy atom. The molecule has 5 aromatic rings. The molecule has 3 amide bonds. The standard InChI is InChI=1S/C41H47N7O6/c1-24(2)35(46-39(50)52-6)38(49)47-17-7-8-33(47)36-42-21-32(45-36)30-16-15-28-18-27(13-14-29(28)19-30)25-9-11-26(12-10-25)31-20-43-37(44-31)34-22-53-23-48(34)40(51)54-41(3,4)5/h9-16,18-21,24,33-35H,7-8,17,22-23H2,1-6H3,(H,42,45)(H,43,44)(H,46,50)/t33?,34-,35-/m0/s1. The molecule has 7 rings (SSSR count). The van der Waals surface area contributed by atoms with E-state index in [1.165, 1.54) is 7.11 Å². The lowest BCUT2D eigenvalue weighted by Crippen LogP contribution is -2.51. The number of imidazole rings is 2. The smallest absolute Gasteiger partial charge is 0.412 e. The summed E-state index contributed by atoms with van der Waals surface area (Å²) >= 11 is 0. The van der Waals surface area contributed by atoms with Crippen LogP contribution >= 0.6 is 0 Å². The Labute approximate surface area is 314 Å². The Kier molecular flexibility index (Phi) is 10.2. The van der Waals surface area contributed by atoms with Crippen molar-refractivity contribution in [2.75, 3.05) is 27.0 Å². The van der Waals surface area contributed by atoms with Crippen LogP contribution < -0.4 is 5.32 Å². The van der Waals surface area contributed by atoms with Gasteiger partial charge in [0.1, 0.15) is 36.1 Å². The average Bonchev–Trinajstić information content (AvgIpc) is 3.98. The molecule has 13 heteroatoms. The third kappa shape index (κ3) is 7.67. The number of amides is 3. The first kappa shape index (κ1) is 36.7. The number of aromatic amines is 2. The summed E-state index contributed by atoms with van der Waals surface area (Å²) in [6, 6.07) is 19.8. The summed E-state index contributed by atoms with van der Waals surface area (Å²) in [6.07, 6.45) is 4.20. The maximum atomic E-state index is 13.6. The number of carbonyl (C=O) groups excluding carboxylic acids is 3. The third-order valence-corrected chi connectivity index (χ3v) is 9.94. The van der Waals surface area contributed by atoms with Crippen LogP contribution in [-0.2, 0) is 19.0 Å². The average molecular weight is 734 g/mol. The van der Waals surface area contributed by atoms with E-state index in [2.05, 4.69) is 80.9 Å². The van der Waals surface area contributed by atoms with Crippen molar-refractivity contribution >= 4 is 28.9 Å². The number of alkyl carbamates (subject to hydrolysis) is 1. The minimum atomic E-state index is -0.682. The van der Waals surface area contributed by atoms with E-state index in [9.17, 15) is 14.4 Å². The Bertz CT molecular complexity index is 2150. The summed E-state index contributed by atoms with van der Waals surface area (Å²) in [4.78, 5) is 57.8. The maximum Gasteiger partial charge on any atom is 0.412 e. The normalized spacial score (nSPS) is 18.0. The molecule has 0 saturated carbocycles. The molecule has 2 saturated heterocycles. The minimum absolute atomic E-state index is 0.0998. The highest BCUT2D eigenvalue weighted by atomic mass is 16.6. The number of fused-ring (bicyclic) bond motifs is 1. The lowest BCUT2D eigenvalue weighted by atomic mass is 9.98. The Hall–Kier alpha value is -5.69. The largest absolute Gasteiger partial charge is 0.453 e. The van der Waals surface area contributed by atoms with Gasteiger partial charge in [0.25, 0.3) is 0 Å². The lowest BCUT2D eigenvalue weighted by molar-refractivity contribution is -0.135. The first-order valence-corrected chi connectivity index (χ1v) is 18.4. The zero-order chi connectivity index (χ0) is 38.1. The molecule has 0 aliphatic carbocycles. The SMILES string of the molecule is COC(=O)N[C@H](C(=O)N1CCCC1c1ncc(-c2ccc3cc(-c4ccc(-c5cnc([C@@H]6COCN6C(=O)OC(C)(C)C)[nH]5)cc4)ccc3c2)[nH]1)C(C)C. The van der Waals surface area contributed by atoms with E-state index in [0.717, 1.165) is 63.1 Å². The molecule has 1 unspecified atom stereocenters. The van der Waals surface area contributed by atoms with Crippen molar-refractivity contribution in [2.45, 2.75) is 71.2 Å². The molecule has 2 fully saturated rings. The molecule has 4 heterocycles. The molecule has 3 N–H and O–H groups in total. The van der Waals surface area contributed by atoms with Gasteiger partial charge in [0.15, 0.2) is 0 Å². The number of hydrogen-bond acceptors (Lipinski definition) is 8. The first-order chi connectivity index (χ1) is 25.9. The van der Waals surface area contributed by atoms with E-state index in [-0.39, 0.29) is 30.6 Å². The fourth-order valence-electron chi connectivity index (χ4n) is 7.10. The van der Waals surface area contributed by atoms with E-state index in [4.69, 9.17) is 19.2 Å². The number of aromatic nitrogens is 4. The zero-order valence-electron chi connectivity index (χ0n) is 31.5. The second kappa shape index (κ2) is 15.0. The second-order valence-electron chi connectivity index (χ2n) is 15.2. The number of ether oxygens (including phenoxy) is 3. The molecule has 0 radical (unpaired) electrons. The van der Waals surface area contributed by atoms with Crippen molar-refractivity contribution in [2.24, 2.45) is 5.92 Å². The van der Waals surface area contributed by atoms with Crippen LogP contribution in [-0.4, -0.2) is 86.5 Å². The molecule has 0 bridgehead atoms. The topological polar surface area (TPSA) is 155 Å². The van der Waals surface area contributed by atoms with Crippen molar-refractivity contribution in [3.63, 3.8) is 0 Å². The van der Waals surface area contributed by atoms with Crippen LogP contribution in [0.15, 0.2) is 73.1 Å². The molecule has 54 heavy (non-hydrogen) atoms. The number of H-pyrrole nitrogens is 2. The Morgan fingerprint density at radius 2 is 1.43 bits per heavy atom. The van der Waals surface area contributed by atoms with Crippen LogP contribution in [0.25, 0.3) is 44.4 Å². The number of hydrogen-bond donors (Lipinski definition) is 3. The Morgan fingerprint density at radius 3 is 2.07 bits per heavy atom. The molecule has 2 aliphatic heterocycles. The molecule has 0 spiro atoms. The number of benzene rings is 3. The summed E-state index contributed by atoms with van der Waals surface area (Å²) in [6.45, 7) is 10.4. The Balaban J connectivity index is 1.03. The van der Waals surface area contributed by atoms with E-state index in [1.807, 2.05) is 45.7 Å². The second-order valence-corrected chi connectivity index (χ2v) is 15.2. The van der Waals surface area contributed by atoms with E-state index in [0.29, 0.717) is 19.0 Å². The molecule has 282 valence electrons. The number of likely N-dealkylation sites (tertiary alicyclic amines) is 1. The van der Waals surface area contributed by atoms with Gasteiger partial charge in [0, 0.05) is 12.1 Å². The van der Waals surface area contributed by atoms with E-state index < -0.39 is 23.8 Å². The minimum Gasteiger partial charge on any atom is -0.453 e. The van der Waals surface area contributed by atoms with Gasteiger partial charge in [-0.25, -0.2) is 19.6 Å². The number of nitrogens with one attached hydrogen (secondary N) is 3. The van der Waals surface area contributed by atoms with Crippen LogP contribution in [0.5, 0.6) is 0 Å². The predicted molar refractivity (Wildman–Crippen MR) is 204 cm³/mol. The number of rotatable bonds is 8. The fraction of sp³-hybridized carbons (Fsp3) is 0.390. The fourth-order valence-corrected chi connectivity index (χ4v) is 7.10. The number of nitrogens with zero attached hydrogens (tertiary/aromatic N) is 4. The van der Waals surface area contributed by atoms with E-state index in [1.54, 1.807) is 11.1 Å². The van der Waals surface area contributed by atoms with Crippen LogP contribution in [0.1, 0.15) is 71.2 Å². The number of methoxy groups -OCH3 is 1. The van der Waals surface area contributed by atoms with Crippen LogP contribution in [0.3, 0.4) is 0 Å². The number of carbonyl (C=O) groups is 3. The monoisotopic (exact) mass is 733 g/mol. The van der Waals surface area contributed by atoms with Gasteiger partial charge >= 0.3 is 12.2 Å². The molecule has 2 aliphatic rings. The molecule has 2 aromatic heterocycles. The van der Waals surface area contributed by atoms with Gasteiger partial charge in [-0.3, -0.25) is 9.69 Å². The molecule has 3 atom stereocenters. The van der Waals surface area contributed by atoms with Gasteiger partial charge < -0.3 is 34.4 Å². The van der Waals surface area contributed by atoms with Crippen molar-refractivity contribution in [3.05, 3.63) is 84.7 Å². The summed E-state index contributed by atoms with van der Waals surface area (Å²) < 4.78 is 15.9. The van der Waals surface area contributed by atoms with Crippen LogP contribution in [0, 0.1) is 5.92 Å². The first-order valence-electron chi connectivity index (χ1n) is 18.4. The van der Waals surface area contributed by atoms with Crippen LogP contribution in [0.2, 0.25) is 0 Å². The summed E-state index contributed by atoms with van der Waals surface area (Å²) in [5.41, 5.74) is 5.28. The van der Waals surface area contributed by atoms with Crippen molar-refractivity contribution in [1.29, 1.82) is 0 Å². The van der Waals surface area contributed by atoms with Gasteiger partial charge in [0.05, 0.1) is 43.5 Å². The molecular weight excluding hydrogens is 686 g/mol. The van der Waals surface area contributed by atoms with Gasteiger partial charge in [0.2, 0.25) is 5.91 Å². The highest BCUT2D eigenvalue weighted by Crippen LogP contribution is 2.35. The van der Waals surface area contributed by atoms with Gasteiger partial charge in [-0.15, -0.1) is 0 Å². The molecule has 3 aromatic carbocycles. The molecule has 13 nitrogen and oxygen atoms in total. The zero-order valence-corrected chi connectivity index (χ0v) is 31.5. The van der Waals surface area contributed by atoms with Crippen LogP contribution in [0.4, 0.5) is 9.59 Å². The van der Waals surface area contributed by atoms with Crippen molar-refractivity contribution in [3.8, 4) is 33.6 Å². The molecular formula is C41H47N7O6. The van der Waals surface area contributed by atoms with Crippen molar-refractivity contribution in [1.82, 2.24) is 35.1 Å². The summed E-state index contributed by atoms with van der Waals surface area (Å²) in [5.74, 6) is 1.15. The predicted octanol–water partition coefficient (Wildman–Crippen LogP) is 7.60. The lowest BCUT2D eigenvalue weighted by Gasteiger charge is -2.30. The van der Waals surface area contributed by atoms with Crippen molar-refractivity contribution < 1.29 is 28.6 Å². The maximum absolute atomic E-state index is 13.6. The van der Waals surface area contributed by atoms with E-state index >= 15 is 0 Å². The van der Waals surface area contributed by atoms with Gasteiger partial charge in [-0.1, -0.05) is 62.4 Å². The summed E-state index contributed by atoms with van der Waals surface area (Å²) in [5, 5.41) is 4.90. The quantitative estimate of drug-likeness (QED) is 0.147.